The maximum Gasteiger partial charge on any atom is 0.310 e. The maximum absolute atomic E-state index is 12.1. The number of nitrogens with zero attached hydrogens (tertiary/aromatic N) is 2. The Morgan fingerprint density at radius 1 is 1.15 bits per heavy atom. The first kappa shape index (κ1) is 14.4. The van der Waals surface area contributed by atoms with E-state index in [1.807, 2.05) is 0 Å². The Bertz CT molecular complexity index is 468. The summed E-state index contributed by atoms with van der Waals surface area (Å²) in [5, 5.41) is 12.2. The van der Waals surface area contributed by atoms with Crippen LogP contribution in [0, 0.1) is 5.41 Å². The van der Waals surface area contributed by atoms with Crippen LogP contribution in [0.5, 0.6) is 0 Å². The highest BCUT2D eigenvalue weighted by atomic mass is 16.4. The first-order valence-electron chi connectivity index (χ1n) is 6.91. The molecule has 1 aliphatic rings. The summed E-state index contributed by atoms with van der Waals surface area (Å²) in [6.45, 7) is 0. The number of amides is 1. The van der Waals surface area contributed by atoms with Crippen molar-refractivity contribution >= 4 is 17.6 Å². The Morgan fingerprint density at radius 2 is 1.75 bits per heavy atom. The average molecular weight is 277 g/mol. The molecule has 0 aromatic carbocycles. The number of carbonyl (C=O) groups excluding carboxylic acids is 1. The number of carboxylic acid groups (broad SMARTS) is 1. The van der Waals surface area contributed by atoms with Crippen LogP contribution in [-0.4, -0.2) is 27.0 Å². The molecular weight excluding hydrogens is 258 g/mol. The summed E-state index contributed by atoms with van der Waals surface area (Å²) in [6, 6.07) is 0. The topological polar surface area (TPSA) is 92.2 Å². The molecule has 0 aliphatic heterocycles. The molecule has 1 heterocycles. The molecule has 1 aromatic heterocycles. The smallest absolute Gasteiger partial charge is 0.310 e. The summed E-state index contributed by atoms with van der Waals surface area (Å²) in [5.74, 6) is -1.15. The molecule has 1 aromatic rings. The predicted octanol–water partition coefficient (Wildman–Crippen LogP) is 2.23. The Kier molecular flexibility index (Phi) is 4.65. The second-order valence-corrected chi connectivity index (χ2v) is 5.35. The molecule has 20 heavy (non-hydrogen) atoms. The maximum atomic E-state index is 12.1. The van der Waals surface area contributed by atoms with Gasteiger partial charge in [-0.2, -0.15) is 0 Å². The molecule has 0 saturated heterocycles. The summed E-state index contributed by atoms with van der Waals surface area (Å²) in [4.78, 5) is 31.3. The zero-order valence-electron chi connectivity index (χ0n) is 11.3. The normalized spacial score (nSPS) is 18.0. The third-order valence-electron chi connectivity index (χ3n) is 3.86. The van der Waals surface area contributed by atoms with Crippen molar-refractivity contribution in [3.8, 4) is 0 Å². The van der Waals surface area contributed by atoms with Crippen molar-refractivity contribution in [2.75, 3.05) is 5.32 Å². The van der Waals surface area contributed by atoms with Gasteiger partial charge in [-0.15, -0.1) is 0 Å². The van der Waals surface area contributed by atoms with Gasteiger partial charge in [-0.25, -0.2) is 9.97 Å². The van der Waals surface area contributed by atoms with Crippen molar-refractivity contribution in [2.24, 2.45) is 5.41 Å². The lowest BCUT2D eigenvalue weighted by Gasteiger charge is -2.27. The van der Waals surface area contributed by atoms with E-state index in [9.17, 15) is 14.7 Å². The van der Waals surface area contributed by atoms with Gasteiger partial charge < -0.3 is 10.4 Å². The minimum atomic E-state index is -0.920. The van der Waals surface area contributed by atoms with Gasteiger partial charge >= 0.3 is 5.97 Å². The molecule has 0 radical (unpaired) electrons. The van der Waals surface area contributed by atoms with Gasteiger partial charge in [-0.1, -0.05) is 25.7 Å². The Hall–Kier alpha value is -1.98. The molecule has 0 atom stereocenters. The number of nitrogens with one attached hydrogen (secondary N) is 1. The van der Waals surface area contributed by atoms with Gasteiger partial charge in [-0.3, -0.25) is 9.59 Å². The van der Waals surface area contributed by atoms with E-state index in [2.05, 4.69) is 15.3 Å². The first-order chi connectivity index (χ1) is 9.62. The number of aliphatic carboxylic acids is 1. The van der Waals surface area contributed by atoms with Crippen molar-refractivity contribution in [1.82, 2.24) is 9.97 Å². The van der Waals surface area contributed by atoms with Gasteiger partial charge in [0.05, 0.1) is 23.5 Å². The lowest BCUT2D eigenvalue weighted by atomic mass is 9.77. The summed E-state index contributed by atoms with van der Waals surface area (Å²) in [7, 11) is 0. The minimum Gasteiger partial charge on any atom is -0.481 e. The van der Waals surface area contributed by atoms with Crippen LogP contribution in [0.4, 0.5) is 5.69 Å². The van der Waals surface area contributed by atoms with Crippen molar-refractivity contribution in [3.05, 3.63) is 18.7 Å². The fourth-order valence-electron chi connectivity index (χ4n) is 2.75. The fourth-order valence-corrected chi connectivity index (χ4v) is 2.75. The second-order valence-electron chi connectivity index (χ2n) is 5.35. The highest BCUT2D eigenvalue weighted by Crippen LogP contribution is 2.38. The van der Waals surface area contributed by atoms with E-state index in [4.69, 9.17) is 0 Å². The van der Waals surface area contributed by atoms with Crippen molar-refractivity contribution in [3.63, 3.8) is 0 Å². The Labute approximate surface area is 117 Å². The lowest BCUT2D eigenvalue weighted by Crippen LogP contribution is -2.35. The Morgan fingerprint density at radius 3 is 2.30 bits per heavy atom. The lowest BCUT2D eigenvalue weighted by molar-refractivity contribution is -0.152. The van der Waals surface area contributed by atoms with Crippen LogP contribution in [0.15, 0.2) is 18.7 Å². The van der Waals surface area contributed by atoms with E-state index < -0.39 is 11.4 Å². The van der Waals surface area contributed by atoms with E-state index in [1.54, 1.807) is 0 Å². The van der Waals surface area contributed by atoms with E-state index in [0.29, 0.717) is 18.5 Å². The molecule has 0 spiro atoms. The number of aromatic nitrogens is 2. The second kappa shape index (κ2) is 6.45. The summed E-state index contributed by atoms with van der Waals surface area (Å²) in [5.41, 5.74) is -0.428. The average Bonchev–Trinajstić information content (AvgIpc) is 2.66. The molecule has 6 nitrogen and oxygen atoms in total. The van der Waals surface area contributed by atoms with Crippen LogP contribution in [0.2, 0.25) is 0 Å². The zero-order valence-corrected chi connectivity index (χ0v) is 11.3. The summed E-state index contributed by atoms with van der Waals surface area (Å²) >= 11 is 0. The third kappa shape index (κ3) is 3.53. The molecule has 1 saturated carbocycles. The number of anilines is 1. The SMILES string of the molecule is O=C(CC1(C(=O)O)CCCCCC1)Nc1cncnc1. The van der Waals surface area contributed by atoms with Crippen LogP contribution in [0.1, 0.15) is 44.9 Å². The number of carbonyl (C=O) groups is 2. The molecule has 108 valence electrons. The van der Waals surface area contributed by atoms with Gasteiger partial charge in [0, 0.05) is 6.42 Å². The van der Waals surface area contributed by atoms with Crippen LogP contribution >= 0.6 is 0 Å². The highest BCUT2D eigenvalue weighted by molar-refractivity contribution is 5.94. The molecular formula is C14H19N3O3. The van der Waals surface area contributed by atoms with Crippen LogP contribution in [-0.2, 0) is 9.59 Å². The number of hydrogen-bond donors (Lipinski definition) is 2. The van der Waals surface area contributed by atoms with Gasteiger partial charge in [0.25, 0.3) is 0 Å². The van der Waals surface area contributed by atoms with Gasteiger partial charge in [0.1, 0.15) is 6.33 Å². The van der Waals surface area contributed by atoms with Crippen molar-refractivity contribution in [1.29, 1.82) is 0 Å². The Balaban J connectivity index is 2.04. The van der Waals surface area contributed by atoms with E-state index >= 15 is 0 Å². The third-order valence-corrected chi connectivity index (χ3v) is 3.86. The standard InChI is InChI=1S/C14H19N3O3/c18-12(17-11-8-15-10-16-9-11)7-14(13(19)20)5-3-1-2-4-6-14/h8-10H,1-7H2,(H,17,18)(H,19,20). The van der Waals surface area contributed by atoms with Gasteiger partial charge in [0.2, 0.25) is 5.91 Å². The van der Waals surface area contributed by atoms with Gasteiger partial charge in [0.15, 0.2) is 0 Å². The number of rotatable bonds is 4. The molecule has 1 amide bonds. The molecule has 1 aliphatic carbocycles. The molecule has 6 heteroatoms. The van der Waals surface area contributed by atoms with E-state index in [1.165, 1.54) is 18.7 Å². The number of hydrogen-bond acceptors (Lipinski definition) is 4. The quantitative estimate of drug-likeness (QED) is 0.823. The molecule has 0 unspecified atom stereocenters. The largest absolute Gasteiger partial charge is 0.481 e. The van der Waals surface area contributed by atoms with Crippen molar-refractivity contribution < 1.29 is 14.7 Å². The fraction of sp³-hybridized carbons (Fsp3) is 0.571. The van der Waals surface area contributed by atoms with Crippen LogP contribution in [0.3, 0.4) is 0 Å². The molecule has 2 rings (SSSR count). The van der Waals surface area contributed by atoms with Crippen molar-refractivity contribution in [2.45, 2.75) is 44.9 Å². The highest BCUT2D eigenvalue weighted by Gasteiger charge is 2.40. The molecule has 1 fully saturated rings. The predicted molar refractivity (Wildman–Crippen MR) is 73.0 cm³/mol. The minimum absolute atomic E-state index is 0.0111. The molecule has 2 N–H and O–H groups in total. The molecule has 0 bridgehead atoms. The zero-order chi connectivity index (χ0) is 14.4. The first-order valence-corrected chi connectivity index (χ1v) is 6.91. The van der Waals surface area contributed by atoms with E-state index in [-0.39, 0.29) is 12.3 Å². The summed E-state index contributed by atoms with van der Waals surface area (Å²) in [6.07, 6.45) is 9.34. The summed E-state index contributed by atoms with van der Waals surface area (Å²) < 4.78 is 0. The van der Waals surface area contributed by atoms with Crippen LogP contribution < -0.4 is 5.32 Å². The van der Waals surface area contributed by atoms with Gasteiger partial charge in [-0.05, 0) is 12.8 Å². The van der Waals surface area contributed by atoms with E-state index in [0.717, 1.165) is 25.7 Å². The van der Waals surface area contributed by atoms with Crippen LogP contribution in [0.25, 0.3) is 0 Å². The monoisotopic (exact) mass is 277 g/mol. The number of carboxylic acids is 1.